The number of nitrogens with zero attached hydrogens (tertiary/aromatic N) is 2. The molecule has 29 heavy (non-hydrogen) atoms. The molecule has 2 N–H and O–H groups in total. The molecular weight excluding hydrogens is 479 g/mol. The van der Waals surface area contributed by atoms with Crippen LogP contribution in [0.15, 0.2) is 29.3 Å². The molecule has 7 heteroatoms. The van der Waals surface area contributed by atoms with E-state index in [1.165, 1.54) is 37.7 Å². The number of benzene rings is 1. The normalized spacial score (nSPS) is 21.3. The summed E-state index contributed by atoms with van der Waals surface area (Å²) in [5.74, 6) is 1.77. The van der Waals surface area contributed by atoms with Gasteiger partial charge in [0.15, 0.2) is 5.96 Å². The Balaban J connectivity index is 0.00000300. The zero-order valence-corrected chi connectivity index (χ0v) is 20.2. The topological polar surface area (TPSA) is 58.1 Å². The molecule has 164 valence electrons. The number of nitrogens with one attached hydrogen (secondary N) is 2. The Morgan fingerprint density at radius 1 is 1.17 bits per heavy atom. The standard InChI is InChI=1S/C22H36N4O2.HI/c1-23-22(24-13-12-20-7-6-16-28-20)25-17-21(26-14-4-3-5-15-26)18-8-10-19(27-2)11-9-18;/h8-11,20-21H,3-7,12-17H2,1-2H3,(H2,23,24,25);1H. The lowest BCUT2D eigenvalue weighted by Crippen LogP contribution is -2.45. The Kier molecular flexibility index (Phi) is 11.1. The second kappa shape index (κ2) is 13.3. The third kappa shape index (κ3) is 7.61. The third-order valence-electron chi connectivity index (χ3n) is 5.80. The summed E-state index contributed by atoms with van der Waals surface area (Å²) in [5, 5.41) is 6.99. The highest BCUT2D eigenvalue weighted by atomic mass is 127. The molecule has 0 bridgehead atoms. The maximum absolute atomic E-state index is 5.71. The highest BCUT2D eigenvalue weighted by Gasteiger charge is 2.23. The molecule has 0 radical (unpaired) electrons. The van der Waals surface area contributed by atoms with Crippen LogP contribution < -0.4 is 15.4 Å². The second-order valence-corrected chi connectivity index (χ2v) is 7.69. The van der Waals surface area contributed by atoms with Gasteiger partial charge in [-0.1, -0.05) is 18.6 Å². The van der Waals surface area contributed by atoms with Gasteiger partial charge in [0.1, 0.15) is 5.75 Å². The molecule has 0 aromatic heterocycles. The first-order valence-corrected chi connectivity index (χ1v) is 10.7. The number of methoxy groups -OCH3 is 1. The Morgan fingerprint density at radius 2 is 1.93 bits per heavy atom. The molecule has 1 aromatic rings. The lowest BCUT2D eigenvalue weighted by molar-refractivity contribution is 0.105. The first-order chi connectivity index (χ1) is 13.8. The summed E-state index contributed by atoms with van der Waals surface area (Å²) in [5.41, 5.74) is 1.32. The molecule has 2 aliphatic rings. The molecule has 2 atom stereocenters. The zero-order valence-electron chi connectivity index (χ0n) is 17.9. The van der Waals surface area contributed by atoms with Gasteiger partial charge in [0.2, 0.25) is 0 Å². The Hall–Kier alpha value is -1.06. The molecule has 3 rings (SSSR count). The quantitative estimate of drug-likeness (QED) is 0.315. The molecule has 0 amide bonds. The van der Waals surface area contributed by atoms with Crippen molar-refractivity contribution in [2.75, 3.05) is 46.9 Å². The SMILES string of the molecule is CN=C(NCCC1CCCO1)NCC(c1ccc(OC)cc1)N1CCCCC1.I. The maximum atomic E-state index is 5.71. The van der Waals surface area contributed by atoms with E-state index in [1.54, 1.807) is 7.11 Å². The summed E-state index contributed by atoms with van der Waals surface area (Å²) in [7, 11) is 3.55. The summed E-state index contributed by atoms with van der Waals surface area (Å²) in [4.78, 5) is 7.00. The van der Waals surface area contributed by atoms with E-state index in [9.17, 15) is 0 Å². The number of likely N-dealkylation sites (tertiary alicyclic amines) is 1. The van der Waals surface area contributed by atoms with Gasteiger partial charge in [-0.3, -0.25) is 9.89 Å². The van der Waals surface area contributed by atoms with Crippen molar-refractivity contribution in [2.45, 2.75) is 50.7 Å². The van der Waals surface area contributed by atoms with Crippen LogP contribution in [0.1, 0.15) is 50.1 Å². The van der Waals surface area contributed by atoms with Crippen molar-refractivity contribution in [1.82, 2.24) is 15.5 Å². The molecule has 2 heterocycles. The van der Waals surface area contributed by atoms with Crippen LogP contribution in [0.4, 0.5) is 0 Å². The minimum Gasteiger partial charge on any atom is -0.497 e. The molecule has 2 saturated heterocycles. The fourth-order valence-electron chi connectivity index (χ4n) is 4.15. The lowest BCUT2D eigenvalue weighted by Gasteiger charge is -2.35. The summed E-state index contributed by atoms with van der Waals surface area (Å²) < 4.78 is 11.0. The van der Waals surface area contributed by atoms with Gasteiger partial charge in [-0.2, -0.15) is 0 Å². The van der Waals surface area contributed by atoms with Crippen molar-refractivity contribution in [3.05, 3.63) is 29.8 Å². The minimum absolute atomic E-state index is 0. The van der Waals surface area contributed by atoms with Crippen LogP contribution in [0.2, 0.25) is 0 Å². The minimum atomic E-state index is 0. The summed E-state index contributed by atoms with van der Waals surface area (Å²) in [6.45, 7) is 4.96. The van der Waals surface area contributed by atoms with Gasteiger partial charge >= 0.3 is 0 Å². The van der Waals surface area contributed by atoms with Crippen molar-refractivity contribution in [3.8, 4) is 5.75 Å². The molecule has 6 nitrogen and oxygen atoms in total. The molecule has 0 saturated carbocycles. The first kappa shape index (κ1) is 24.2. The molecule has 0 aliphatic carbocycles. The summed E-state index contributed by atoms with van der Waals surface area (Å²) in [6.07, 6.45) is 7.72. The van der Waals surface area contributed by atoms with Gasteiger partial charge in [-0.25, -0.2) is 0 Å². The predicted octanol–water partition coefficient (Wildman–Crippen LogP) is 3.57. The number of hydrogen-bond acceptors (Lipinski definition) is 4. The molecule has 2 unspecified atom stereocenters. The number of ether oxygens (including phenoxy) is 2. The largest absolute Gasteiger partial charge is 0.497 e. The summed E-state index contributed by atoms with van der Waals surface area (Å²) in [6, 6.07) is 8.82. The number of guanidine groups is 1. The number of halogens is 1. The second-order valence-electron chi connectivity index (χ2n) is 7.69. The van der Waals surface area contributed by atoms with E-state index in [1.807, 2.05) is 7.05 Å². The van der Waals surface area contributed by atoms with Crippen molar-refractivity contribution >= 4 is 29.9 Å². The Bertz CT molecular complexity index is 599. The number of hydrogen-bond donors (Lipinski definition) is 2. The van der Waals surface area contributed by atoms with Gasteiger partial charge < -0.3 is 20.1 Å². The van der Waals surface area contributed by atoms with Crippen LogP contribution in [-0.4, -0.2) is 63.9 Å². The summed E-state index contributed by atoms with van der Waals surface area (Å²) >= 11 is 0. The van der Waals surface area contributed by atoms with Crippen molar-refractivity contribution in [2.24, 2.45) is 4.99 Å². The van der Waals surface area contributed by atoms with Crippen LogP contribution >= 0.6 is 24.0 Å². The Labute approximate surface area is 192 Å². The average molecular weight is 516 g/mol. The van der Waals surface area contributed by atoms with E-state index >= 15 is 0 Å². The van der Waals surface area contributed by atoms with Crippen molar-refractivity contribution in [1.29, 1.82) is 0 Å². The van der Waals surface area contributed by atoms with E-state index in [2.05, 4.69) is 44.8 Å². The zero-order chi connectivity index (χ0) is 19.6. The van der Waals surface area contributed by atoms with E-state index in [4.69, 9.17) is 9.47 Å². The van der Waals surface area contributed by atoms with Gasteiger partial charge in [0.05, 0.1) is 19.3 Å². The maximum Gasteiger partial charge on any atom is 0.191 e. The van der Waals surface area contributed by atoms with Crippen LogP contribution in [0.25, 0.3) is 0 Å². The van der Waals surface area contributed by atoms with Crippen LogP contribution in [0.5, 0.6) is 5.75 Å². The number of aliphatic imine (C=N–C) groups is 1. The fraction of sp³-hybridized carbons (Fsp3) is 0.682. The third-order valence-corrected chi connectivity index (χ3v) is 5.80. The average Bonchev–Trinajstić information content (AvgIpc) is 3.27. The van der Waals surface area contributed by atoms with Crippen molar-refractivity contribution < 1.29 is 9.47 Å². The number of rotatable bonds is 8. The van der Waals surface area contributed by atoms with Crippen LogP contribution in [-0.2, 0) is 4.74 Å². The van der Waals surface area contributed by atoms with E-state index in [0.29, 0.717) is 12.1 Å². The molecule has 2 aliphatic heterocycles. The van der Waals surface area contributed by atoms with E-state index < -0.39 is 0 Å². The van der Waals surface area contributed by atoms with Gasteiger partial charge in [-0.05, 0) is 62.9 Å². The van der Waals surface area contributed by atoms with Crippen LogP contribution in [0, 0.1) is 0 Å². The van der Waals surface area contributed by atoms with Gasteiger partial charge in [-0.15, -0.1) is 24.0 Å². The smallest absolute Gasteiger partial charge is 0.191 e. The first-order valence-electron chi connectivity index (χ1n) is 10.7. The monoisotopic (exact) mass is 516 g/mol. The van der Waals surface area contributed by atoms with Crippen LogP contribution in [0.3, 0.4) is 0 Å². The molecular formula is C22H37IN4O2. The highest BCUT2D eigenvalue weighted by Crippen LogP contribution is 2.25. The molecule has 2 fully saturated rings. The lowest BCUT2D eigenvalue weighted by atomic mass is 10.0. The van der Waals surface area contributed by atoms with Crippen molar-refractivity contribution in [3.63, 3.8) is 0 Å². The van der Waals surface area contributed by atoms with Gasteiger partial charge in [0.25, 0.3) is 0 Å². The Morgan fingerprint density at radius 3 is 2.55 bits per heavy atom. The number of piperidine rings is 1. The molecule has 1 aromatic carbocycles. The molecule has 0 spiro atoms. The predicted molar refractivity (Wildman–Crippen MR) is 130 cm³/mol. The highest BCUT2D eigenvalue weighted by molar-refractivity contribution is 14.0. The van der Waals surface area contributed by atoms with Gasteiger partial charge in [0, 0.05) is 26.7 Å². The van der Waals surface area contributed by atoms with E-state index in [0.717, 1.165) is 50.9 Å². The fourth-order valence-corrected chi connectivity index (χ4v) is 4.15. The van der Waals surface area contributed by atoms with E-state index in [-0.39, 0.29) is 24.0 Å².